The maximum absolute atomic E-state index is 14.1. The molecule has 2 aliphatic heterocycles. The van der Waals surface area contributed by atoms with Crippen LogP contribution in [-0.4, -0.2) is 105 Å². The molecule has 2 heterocycles. The van der Waals surface area contributed by atoms with Crippen LogP contribution in [0.15, 0.2) is 35.9 Å². The number of nitrogens with zero attached hydrogens (tertiary/aromatic N) is 1. The van der Waals surface area contributed by atoms with E-state index in [-0.39, 0.29) is 31.8 Å². The monoisotopic (exact) mass is 624 g/mol. The van der Waals surface area contributed by atoms with E-state index in [1.165, 1.54) is 7.11 Å². The number of alkyl halides is 3. The first-order valence-corrected chi connectivity index (χ1v) is 14.6. The molecule has 2 saturated heterocycles. The number of methoxy groups -OCH3 is 1. The van der Waals surface area contributed by atoms with Crippen molar-refractivity contribution in [3.8, 4) is 5.75 Å². The number of benzene rings is 1. The van der Waals surface area contributed by atoms with Gasteiger partial charge < -0.3 is 30.2 Å². The number of Topliss-reactive ketones (excluding diaryl/α,β-unsaturated/α-hetero) is 1. The van der Waals surface area contributed by atoms with Crippen LogP contribution in [0.3, 0.4) is 0 Å². The van der Waals surface area contributed by atoms with E-state index >= 15 is 0 Å². The van der Waals surface area contributed by atoms with Crippen molar-refractivity contribution in [1.29, 1.82) is 0 Å². The lowest BCUT2D eigenvalue weighted by Crippen LogP contribution is -2.61. The first-order chi connectivity index (χ1) is 20.9. The maximum Gasteiger partial charge on any atom is 0.417 e. The Kier molecular flexibility index (Phi) is 11.0. The van der Waals surface area contributed by atoms with E-state index in [1.54, 1.807) is 41.4 Å². The molecule has 1 aromatic carbocycles. The molecule has 0 spiro atoms. The summed E-state index contributed by atoms with van der Waals surface area (Å²) in [5.74, 6) is -3.26. The summed E-state index contributed by atoms with van der Waals surface area (Å²) in [5.41, 5.74) is 0.451. The summed E-state index contributed by atoms with van der Waals surface area (Å²) in [4.78, 5) is 54.2. The number of hydrogen-bond donors (Lipinski definition) is 3. The third kappa shape index (κ3) is 9.26. The molecule has 0 saturated carbocycles. The predicted octanol–water partition coefficient (Wildman–Crippen LogP) is 1.45. The van der Waals surface area contributed by atoms with Crippen molar-refractivity contribution >= 4 is 23.5 Å². The highest BCUT2D eigenvalue weighted by Gasteiger charge is 2.51. The number of nitrogens with one attached hydrogen (secondary N) is 3. The minimum absolute atomic E-state index is 0.189. The van der Waals surface area contributed by atoms with Gasteiger partial charge in [-0.2, -0.15) is 13.2 Å². The van der Waals surface area contributed by atoms with Crippen LogP contribution in [0.1, 0.15) is 38.2 Å². The molecule has 14 heteroatoms. The van der Waals surface area contributed by atoms with E-state index in [4.69, 9.17) is 14.2 Å². The number of allylic oxidation sites excluding steroid dienone is 1. The number of ketones is 1. The van der Waals surface area contributed by atoms with Gasteiger partial charge in [0.15, 0.2) is 5.78 Å². The fourth-order valence-corrected chi connectivity index (χ4v) is 5.21. The summed E-state index contributed by atoms with van der Waals surface area (Å²) < 4.78 is 57.8. The van der Waals surface area contributed by atoms with Crippen molar-refractivity contribution in [3.63, 3.8) is 0 Å². The fourth-order valence-electron chi connectivity index (χ4n) is 5.21. The molecule has 3 N–H and O–H groups in total. The van der Waals surface area contributed by atoms with E-state index in [9.17, 15) is 32.3 Å². The van der Waals surface area contributed by atoms with Crippen molar-refractivity contribution in [2.45, 2.75) is 68.9 Å². The maximum atomic E-state index is 14.1. The van der Waals surface area contributed by atoms with Gasteiger partial charge in [-0.3, -0.25) is 24.1 Å². The van der Waals surface area contributed by atoms with Crippen LogP contribution in [0.4, 0.5) is 13.2 Å². The average molecular weight is 625 g/mol. The highest BCUT2D eigenvalue weighted by Crippen LogP contribution is 2.31. The van der Waals surface area contributed by atoms with Gasteiger partial charge in [0.25, 0.3) is 5.91 Å². The molecule has 2 fully saturated rings. The van der Waals surface area contributed by atoms with Crippen molar-refractivity contribution < 1.29 is 46.6 Å². The van der Waals surface area contributed by atoms with Gasteiger partial charge in [-0.05, 0) is 50.3 Å². The quantitative estimate of drug-likeness (QED) is 0.209. The summed E-state index contributed by atoms with van der Waals surface area (Å²) in [6, 6.07) is 1.05. The van der Waals surface area contributed by atoms with E-state index in [0.717, 1.165) is 24.8 Å². The molecule has 1 unspecified atom stereocenters. The molecule has 3 amide bonds. The molecule has 4 rings (SSSR count). The highest BCUT2D eigenvalue weighted by molar-refractivity contribution is 5.98. The minimum atomic E-state index is -5.14. The molecular weight excluding hydrogens is 585 g/mol. The Balaban J connectivity index is 1.52. The van der Waals surface area contributed by atoms with E-state index in [1.807, 2.05) is 6.08 Å². The molecular formula is C30H39F3N4O7. The second-order valence-electron chi connectivity index (χ2n) is 11.4. The van der Waals surface area contributed by atoms with Crippen LogP contribution in [0, 0.1) is 0 Å². The third-order valence-electron chi connectivity index (χ3n) is 7.93. The topological polar surface area (TPSA) is 139 Å². The minimum Gasteiger partial charge on any atom is -0.497 e. The predicted molar refractivity (Wildman–Crippen MR) is 152 cm³/mol. The number of carbonyl (C=O) groups is 4. The second-order valence-corrected chi connectivity index (χ2v) is 11.4. The Morgan fingerprint density at radius 1 is 1.00 bits per heavy atom. The molecule has 44 heavy (non-hydrogen) atoms. The van der Waals surface area contributed by atoms with Gasteiger partial charge in [-0.15, -0.1) is 0 Å². The zero-order chi connectivity index (χ0) is 31.9. The lowest BCUT2D eigenvalue weighted by atomic mass is 9.94. The number of halogens is 3. The Labute approximate surface area is 253 Å². The average Bonchev–Trinajstić information content (AvgIpc) is 3.53. The van der Waals surface area contributed by atoms with E-state index in [0.29, 0.717) is 37.6 Å². The largest absolute Gasteiger partial charge is 0.497 e. The van der Waals surface area contributed by atoms with Gasteiger partial charge in [0.2, 0.25) is 17.9 Å². The van der Waals surface area contributed by atoms with Crippen LogP contribution in [0.5, 0.6) is 5.75 Å². The van der Waals surface area contributed by atoms with E-state index < -0.39 is 47.6 Å². The molecule has 0 aromatic heterocycles. The fraction of sp³-hybridized carbons (Fsp3) is 0.600. The van der Waals surface area contributed by atoms with Crippen LogP contribution in [-0.2, 0) is 35.1 Å². The first-order valence-electron chi connectivity index (χ1n) is 14.6. The van der Waals surface area contributed by atoms with Gasteiger partial charge in [0, 0.05) is 19.5 Å². The molecule has 0 radical (unpaired) electrons. The molecule has 3 aliphatic rings. The standard InChI is InChI=1S/C30H39F3N4O7/c1-29(18-44-29)26(39)22(15-19-5-3-4-6-19)34-27(40)23(16-20-7-9-21(42-2)10-8-20)35-28(41)25(30(31,32)33)36-24(38)17-37-11-13-43-14-12-37/h5,7-10,22-23,25H,3-4,6,11-18H2,1-2H3,(H,34,40)(H,35,41)(H,36,38)/t22-,23-,25?,29-/m0/s1. The number of ether oxygens (including phenoxy) is 3. The summed E-state index contributed by atoms with van der Waals surface area (Å²) in [5, 5.41) is 6.65. The smallest absolute Gasteiger partial charge is 0.417 e. The van der Waals surface area contributed by atoms with Crippen molar-refractivity contribution in [1.82, 2.24) is 20.9 Å². The molecule has 4 atom stereocenters. The van der Waals surface area contributed by atoms with Gasteiger partial charge >= 0.3 is 6.18 Å². The Hall–Kier alpha value is -3.49. The zero-order valence-electron chi connectivity index (χ0n) is 24.8. The van der Waals surface area contributed by atoms with Gasteiger partial charge in [-0.1, -0.05) is 23.8 Å². The van der Waals surface area contributed by atoms with Gasteiger partial charge in [-0.25, -0.2) is 0 Å². The molecule has 1 aromatic rings. The van der Waals surface area contributed by atoms with Crippen LogP contribution in [0.2, 0.25) is 0 Å². The summed E-state index contributed by atoms with van der Waals surface area (Å²) in [7, 11) is 1.47. The highest BCUT2D eigenvalue weighted by atomic mass is 19.4. The van der Waals surface area contributed by atoms with Gasteiger partial charge in [0.1, 0.15) is 17.4 Å². The van der Waals surface area contributed by atoms with Crippen molar-refractivity contribution in [2.24, 2.45) is 0 Å². The van der Waals surface area contributed by atoms with Gasteiger partial charge in [0.05, 0.1) is 39.5 Å². The number of epoxide rings is 1. The number of rotatable bonds is 14. The molecule has 0 bridgehead atoms. The second kappa shape index (κ2) is 14.5. The van der Waals surface area contributed by atoms with Crippen LogP contribution < -0.4 is 20.7 Å². The lowest BCUT2D eigenvalue weighted by Gasteiger charge is -2.28. The summed E-state index contributed by atoms with van der Waals surface area (Å²) in [6.07, 6.45) is -0.556. The van der Waals surface area contributed by atoms with Crippen molar-refractivity contribution in [3.05, 3.63) is 41.5 Å². The van der Waals surface area contributed by atoms with E-state index in [2.05, 4.69) is 10.6 Å². The lowest BCUT2D eigenvalue weighted by molar-refractivity contribution is -0.172. The summed E-state index contributed by atoms with van der Waals surface area (Å²) in [6.45, 7) is 2.86. The Bertz CT molecular complexity index is 1230. The number of carbonyl (C=O) groups excluding carboxylic acids is 4. The summed E-state index contributed by atoms with van der Waals surface area (Å²) >= 11 is 0. The Morgan fingerprint density at radius 3 is 2.23 bits per heavy atom. The third-order valence-corrected chi connectivity index (χ3v) is 7.93. The molecule has 11 nitrogen and oxygen atoms in total. The number of amides is 3. The molecule has 242 valence electrons. The van der Waals surface area contributed by atoms with Crippen LogP contribution >= 0.6 is 0 Å². The Morgan fingerprint density at radius 2 is 1.66 bits per heavy atom. The number of hydrogen-bond acceptors (Lipinski definition) is 8. The SMILES string of the molecule is COc1ccc(C[C@H](NC(=O)C(NC(=O)CN2CCOCC2)C(F)(F)F)C(=O)N[C@@H](CC2=CCCC2)C(=O)[C@]2(C)CO2)cc1. The van der Waals surface area contributed by atoms with Crippen molar-refractivity contribution in [2.75, 3.05) is 46.6 Å². The zero-order valence-corrected chi connectivity index (χ0v) is 24.8. The van der Waals surface area contributed by atoms with Crippen LogP contribution in [0.25, 0.3) is 0 Å². The normalized spacial score (nSPS) is 22.2. The number of morpholine rings is 1. The first kappa shape index (κ1) is 33.4. The molecule has 1 aliphatic carbocycles.